The summed E-state index contributed by atoms with van der Waals surface area (Å²) in [6.07, 6.45) is 1.93. The highest BCUT2D eigenvalue weighted by Crippen LogP contribution is 2.05. The van der Waals surface area contributed by atoms with E-state index in [1.165, 1.54) is 5.56 Å². The Labute approximate surface area is 91.5 Å². The zero-order valence-electron chi connectivity index (χ0n) is 9.00. The molecular weight excluding hydrogens is 184 g/mol. The molecule has 0 heterocycles. The highest BCUT2D eigenvalue weighted by molar-refractivity contribution is 5.16. The fourth-order valence-corrected chi connectivity index (χ4v) is 1.27. The third-order valence-corrected chi connectivity index (χ3v) is 2.12. The van der Waals surface area contributed by atoms with Gasteiger partial charge in [0.1, 0.15) is 0 Å². The van der Waals surface area contributed by atoms with Crippen molar-refractivity contribution in [2.75, 3.05) is 6.54 Å². The summed E-state index contributed by atoms with van der Waals surface area (Å²) in [6, 6.07) is 10.4. The van der Waals surface area contributed by atoms with Gasteiger partial charge in [0.2, 0.25) is 0 Å². The van der Waals surface area contributed by atoms with Gasteiger partial charge in [-0.15, -0.1) is 0 Å². The van der Waals surface area contributed by atoms with E-state index in [1.54, 1.807) is 0 Å². The molecule has 0 saturated heterocycles. The molecular formula is C13H18N2. The van der Waals surface area contributed by atoms with Crippen LogP contribution in [-0.4, -0.2) is 6.54 Å². The van der Waals surface area contributed by atoms with E-state index in [0.29, 0.717) is 12.2 Å². The second kappa shape index (κ2) is 5.91. The third kappa shape index (κ3) is 4.91. The highest BCUT2D eigenvalue weighted by atomic mass is 14.9. The van der Waals surface area contributed by atoms with Gasteiger partial charge in [-0.3, -0.25) is 0 Å². The lowest BCUT2D eigenvalue weighted by atomic mass is 10.1. The second-order valence-electron chi connectivity index (χ2n) is 3.60. The van der Waals surface area contributed by atoms with Crippen LogP contribution in [-0.2, 0) is 6.42 Å². The summed E-state index contributed by atoms with van der Waals surface area (Å²) >= 11 is 0. The van der Waals surface area contributed by atoms with Crippen LogP contribution in [0, 0.1) is 0 Å². The molecule has 0 amide bonds. The summed E-state index contributed by atoms with van der Waals surface area (Å²) < 4.78 is 0. The van der Waals surface area contributed by atoms with Gasteiger partial charge >= 0.3 is 0 Å². The Morgan fingerprint density at radius 3 is 2.47 bits per heavy atom. The number of aryl methyl sites for hydroxylation is 1. The summed E-state index contributed by atoms with van der Waals surface area (Å²) in [5.41, 5.74) is 8.42. The molecule has 0 radical (unpaired) electrons. The minimum Gasteiger partial charge on any atom is -0.401 e. The van der Waals surface area contributed by atoms with Gasteiger partial charge in [-0.05, 0) is 18.4 Å². The number of hydrogen-bond donors (Lipinski definition) is 2. The molecule has 0 aliphatic rings. The first-order valence-corrected chi connectivity index (χ1v) is 5.07. The average molecular weight is 202 g/mol. The summed E-state index contributed by atoms with van der Waals surface area (Å²) in [4.78, 5) is 0. The van der Waals surface area contributed by atoms with Crippen molar-refractivity contribution < 1.29 is 0 Å². The normalized spacial score (nSPS) is 9.60. The van der Waals surface area contributed by atoms with Gasteiger partial charge in [-0.25, -0.2) is 0 Å². The SMILES string of the molecule is C=C(N)CNC(=C)CCc1ccccc1. The van der Waals surface area contributed by atoms with Gasteiger partial charge in [-0.1, -0.05) is 43.5 Å². The molecule has 2 heteroatoms. The number of hydrogen-bond acceptors (Lipinski definition) is 2. The minimum atomic E-state index is 0.605. The minimum absolute atomic E-state index is 0.605. The van der Waals surface area contributed by atoms with Crippen molar-refractivity contribution in [1.82, 2.24) is 5.32 Å². The van der Waals surface area contributed by atoms with Crippen molar-refractivity contribution in [3.8, 4) is 0 Å². The number of nitrogens with one attached hydrogen (secondary N) is 1. The smallest absolute Gasteiger partial charge is 0.0536 e. The topological polar surface area (TPSA) is 38.0 Å². The third-order valence-electron chi connectivity index (χ3n) is 2.12. The molecule has 1 aromatic carbocycles. The number of benzene rings is 1. The van der Waals surface area contributed by atoms with Crippen molar-refractivity contribution in [2.24, 2.45) is 5.73 Å². The lowest BCUT2D eigenvalue weighted by Gasteiger charge is -2.08. The van der Waals surface area contributed by atoms with E-state index < -0.39 is 0 Å². The summed E-state index contributed by atoms with van der Waals surface area (Å²) in [5, 5.41) is 3.13. The largest absolute Gasteiger partial charge is 0.401 e. The zero-order valence-corrected chi connectivity index (χ0v) is 9.00. The van der Waals surface area contributed by atoms with Crippen molar-refractivity contribution >= 4 is 0 Å². The first-order valence-electron chi connectivity index (χ1n) is 5.07. The first kappa shape index (κ1) is 11.4. The van der Waals surface area contributed by atoms with Crippen LogP contribution < -0.4 is 11.1 Å². The van der Waals surface area contributed by atoms with Gasteiger partial charge in [0.25, 0.3) is 0 Å². The van der Waals surface area contributed by atoms with E-state index in [4.69, 9.17) is 5.73 Å². The van der Waals surface area contributed by atoms with E-state index in [0.717, 1.165) is 18.5 Å². The molecule has 0 aliphatic carbocycles. The molecule has 0 unspecified atom stereocenters. The Bertz CT molecular complexity index is 328. The molecule has 0 bridgehead atoms. The van der Waals surface area contributed by atoms with Crippen LogP contribution in [0.5, 0.6) is 0 Å². The quantitative estimate of drug-likeness (QED) is 0.742. The lowest BCUT2D eigenvalue weighted by molar-refractivity contribution is 0.785. The maximum atomic E-state index is 5.45. The molecule has 2 nitrogen and oxygen atoms in total. The van der Waals surface area contributed by atoms with Crippen molar-refractivity contribution in [1.29, 1.82) is 0 Å². The van der Waals surface area contributed by atoms with Crippen molar-refractivity contribution in [3.63, 3.8) is 0 Å². The van der Waals surface area contributed by atoms with Gasteiger partial charge in [0.15, 0.2) is 0 Å². The Morgan fingerprint density at radius 1 is 1.20 bits per heavy atom. The number of nitrogens with two attached hydrogens (primary N) is 1. The summed E-state index contributed by atoms with van der Waals surface area (Å²) in [5.74, 6) is 0. The van der Waals surface area contributed by atoms with E-state index >= 15 is 0 Å². The van der Waals surface area contributed by atoms with Crippen molar-refractivity contribution in [2.45, 2.75) is 12.8 Å². The highest BCUT2D eigenvalue weighted by Gasteiger charge is 1.95. The van der Waals surface area contributed by atoms with Crippen LogP contribution >= 0.6 is 0 Å². The standard InChI is InChI=1S/C13H18N2/c1-11(14)10-15-12(2)8-9-13-6-4-3-5-7-13/h3-7,15H,1-2,8-10,14H2. The predicted octanol–water partition coefficient (Wildman–Crippen LogP) is 2.19. The van der Waals surface area contributed by atoms with Crippen LogP contribution in [0.25, 0.3) is 0 Å². The first-order chi connectivity index (χ1) is 7.18. The monoisotopic (exact) mass is 202 g/mol. The predicted molar refractivity (Wildman–Crippen MR) is 65.2 cm³/mol. The Kier molecular flexibility index (Phi) is 4.48. The van der Waals surface area contributed by atoms with E-state index in [2.05, 4.69) is 30.6 Å². The fraction of sp³-hybridized carbons (Fsp3) is 0.231. The number of allylic oxidation sites excluding steroid dienone is 1. The zero-order chi connectivity index (χ0) is 11.1. The molecule has 0 aromatic heterocycles. The molecule has 0 fully saturated rings. The van der Waals surface area contributed by atoms with Crippen LogP contribution in [0.1, 0.15) is 12.0 Å². The van der Waals surface area contributed by atoms with Crippen LogP contribution in [0.4, 0.5) is 0 Å². The molecule has 0 atom stereocenters. The van der Waals surface area contributed by atoms with E-state index in [-0.39, 0.29) is 0 Å². The maximum Gasteiger partial charge on any atom is 0.0536 e. The molecule has 0 saturated carbocycles. The Hall–Kier alpha value is -1.70. The maximum absolute atomic E-state index is 5.45. The van der Waals surface area contributed by atoms with Gasteiger partial charge in [-0.2, -0.15) is 0 Å². The molecule has 0 spiro atoms. The lowest BCUT2D eigenvalue weighted by Crippen LogP contribution is -2.19. The molecule has 0 aliphatic heterocycles. The Balaban J connectivity index is 2.26. The number of rotatable bonds is 6. The van der Waals surface area contributed by atoms with Crippen molar-refractivity contribution in [3.05, 3.63) is 60.4 Å². The molecule has 3 N–H and O–H groups in total. The van der Waals surface area contributed by atoms with Crippen LogP contribution in [0.3, 0.4) is 0 Å². The molecule has 1 rings (SSSR count). The second-order valence-corrected chi connectivity index (χ2v) is 3.60. The Morgan fingerprint density at radius 2 is 1.87 bits per heavy atom. The molecule has 80 valence electrons. The van der Waals surface area contributed by atoms with E-state index in [1.807, 2.05) is 18.2 Å². The van der Waals surface area contributed by atoms with Gasteiger partial charge < -0.3 is 11.1 Å². The fourth-order valence-electron chi connectivity index (χ4n) is 1.27. The molecule has 1 aromatic rings. The molecule has 15 heavy (non-hydrogen) atoms. The van der Waals surface area contributed by atoms with Gasteiger partial charge in [0, 0.05) is 11.4 Å². The van der Waals surface area contributed by atoms with Crippen LogP contribution in [0.2, 0.25) is 0 Å². The summed E-state index contributed by atoms with van der Waals surface area (Å²) in [7, 11) is 0. The summed E-state index contributed by atoms with van der Waals surface area (Å²) in [6.45, 7) is 8.16. The van der Waals surface area contributed by atoms with Gasteiger partial charge in [0.05, 0.1) is 6.54 Å². The average Bonchev–Trinajstić information content (AvgIpc) is 2.25. The van der Waals surface area contributed by atoms with E-state index in [9.17, 15) is 0 Å². The van der Waals surface area contributed by atoms with Crippen LogP contribution in [0.15, 0.2) is 54.9 Å².